The smallest absolute Gasteiger partial charge is 0.148 e. The minimum absolute atomic E-state index is 0.278. The zero-order valence-electron chi connectivity index (χ0n) is 11.0. The number of nitrogens with one attached hydrogen (secondary N) is 1. The number of terminal acetylenes is 1. The van der Waals surface area contributed by atoms with Crippen molar-refractivity contribution in [2.75, 3.05) is 13.2 Å². The highest BCUT2D eigenvalue weighted by molar-refractivity contribution is 6.30. The third-order valence-electron chi connectivity index (χ3n) is 2.55. The number of hydrogen-bond donors (Lipinski definition) is 1. The van der Waals surface area contributed by atoms with Crippen LogP contribution in [0.3, 0.4) is 0 Å². The molecule has 98 valence electrons. The number of rotatable bonds is 7. The molecule has 0 aromatic heterocycles. The summed E-state index contributed by atoms with van der Waals surface area (Å²) in [7, 11) is 0. The lowest BCUT2D eigenvalue weighted by Crippen LogP contribution is -2.17. The topological polar surface area (TPSA) is 21.3 Å². The predicted molar refractivity (Wildman–Crippen MR) is 76.9 cm³/mol. The molecule has 1 rings (SSSR count). The van der Waals surface area contributed by atoms with Crippen LogP contribution in [0.5, 0.6) is 5.75 Å². The van der Waals surface area contributed by atoms with Gasteiger partial charge in [-0.25, -0.2) is 0 Å². The maximum atomic E-state index is 5.99. The van der Waals surface area contributed by atoms with Gasteiger partial charge in [-0.15, -0.1) is 6.42 Å². The molecule has 0 aliphatic carbocycles. The molecule has 1 N–H and O–H groups in total. The molecule has 0 bridgehead atoms. The van der Waals surface area contributed by atoms with Crippen molar-refractivity contribution >= 4 is 11.6 Å². The van der Waals surface area contributed by atoms with E-state index in [9.17, 15) is 0 Å². The Labute approximate surface area is 115 Å². The molecular formula is C15H20ClNO. The van der Waals surface area contributed by atoms with Crippen LogP contribution in [0.1, 0.15) is 25.8 Å². The van der Waals surface area contributed by atoms with Gasteiger partial charge in [-0.3, -0.25) is 0 Å². The Balaban J connectivity index is 2.56. The molecule has 0 spiro atoms. The summed E-state index contributed by atoms with van der Waals surface area (Å²) < 4.78 is 5.48. The first-order valence-corrected chi connectivity index (χ1v) is 6.56. The quantitative estimate of drug-likeness (QED) is 0.602. The summed E-state index contributed by atoms with van der Waals surface area (Å²) in [6, 6.07) is 5.58. The summed E-state index contributed by atoms with van der Waals surface area (Å²) in [6.45, 7) is 6.43. The van der Waals surface area contributed by atoms with Gasteiger partial charge in [0, 0.05) is 17.1 Å². The summed E-state index contributed by atoms with van der Waals surface area (Å²) in [5.74, 6) is 3.97. The van der Waals surface area contributed by atoms with Crippen LogP contribution in [0.25, 0.3) is 0 Å². The van der Waals surface area contributed by atoms with Crippen molar-refractivity contribution in [3.05, 3.63) is 28.8 Å². The van der Waals surface area contributed by atoms with Crippen LogP contribution >= 0.6 is 11.6 Å². The van der Waals surface area contributed by atoms with Crippen molar-refractivity contribution < 1.29 is 4.74 Å². The van der Waals surface area contributed by atoms with Crippen molar-refractivity contribution in [1.29, 1.82) is 0 Å². The molecule has 0 radical (unpaired) electrons. The summed E-state index contributed by atoms with van der Waals surface area (Å²) >= 11 is 5.99. The lowest BCUT2D eigenvalue weighted by Gasteiger charge is -2.12. The second-order valence-corrected chi connectivity index (χ2v) is 5.04. The van der Waals surface area contributed by atoms with E-state index >= 15 is 0 Å². The molecule has 18 heavy (non-hydrogen) atoms. The Morgan fingerprint density at radius 1 is 1.44 bits per heavy atom. The van der Waals surface area contributed by atoms with Crippen LogP contribution in [0, 0.1) is 18.3 Å². The van der Waals surface area contributed by atoms with E-state index in [-0.39, 0.29) is 6.61 Å². The Hall–Kier alpha value is -1.17. The molecule has 0 unspecified atom stereocenters. The number of benzene rings is 1. The Kier molecular flexibility index (Phi) is 6.64. The molecule has 0 heterocycles. The van der Waals surface area contributed by atoms with Crippen molar-refractivity contribution in [3.8, 4) is 18.1 Å². The fraction of sp³-hybridized carbons (Fsp3) is 0.467. The van der Waals surface area contributed by atoms with Gasteiger partial charge in [0.2, 0.25) is 0 Å². The van der Waals surface area contributed by atoms with Crippen LogP contribution in [-0.2, 0) is 6.54 Å². The van der Waals surface area contributed by atoms with Gasteiger partial charge in [0.25, 0.3) is 0 Å². The molecule has 0 saturated heterocycles. The van der Waals surface area contributed by atoms with Gasteiger partial charge >= 0.3 is 0 Å². The van der Waals surface area contributed by atoms with Gasteiger partial charge in [-0.05, 0) is 37.1 Å². The van der Waals surface area contributed by atoms with Gasteiger partial charge in [0.15, 0.2) is 0 Å². The highest BCUT2D eigenvalue weighted by atomic mass is 35.5. The Bertz CT molecular complexity index is 409. The van der Waals surface area contributed by atoms with Gasteiger partial charge in [-0.1, -0.05) is 31.4 Å². The van der Waals surface area contributed by atoms with Crippen LogP contribution < -0.4 is 10.1 Å². The average Bonchev–Trinajstić information content (AvgIpc) is 2.33. The standard InChI is InChI=1S/C15H20ClNO/c1-4-9-18-15-6-5-14(16)10-13(15)11-17-8-7-12(2)3/h1,5-6,10,12,17H,7-9,11H2,2-3H3. The average molecular weight is 266 g/mol. The minimum Gasteiger partial charge on any atom is -0.481 e. The van der Waals surface area contributed by atoms with E-state index in [4.69, 9.17) is 22.8 Å². The first kappa shape index (κ1) is 14.9. The second kappa shape index (κ2) is 8.02. The number of ether oxygens (including phenoxy) is 1. The molecule has 3 heteroatoms. The molecule has 1 aromatic carbocycles. The molecule has 2 nitrogen and oxygen atoms in total. The van der Waals surface area contributed by atoms with Gasteiger partial charge in [0.1, 0.15) is 12.4 Å². The van der Waals surface area contributed by atoms with Crippen molar-refractivity contribution in [1.82, 2.24) is 5.32 Å². The van der Waals surface area contributed by atoms with Crippen molar-refractivity contribution in [3.63, 3.8) is 0 Å². The Morgan fingerprint density at radius 3 is 2.89 bits per heavy atom. The van der Waals surface area contributed by atoms with E-state index in [0.29, 0.717) is 10.9 Å². The zero-order chi connectivity index (χ0) is 13.4. The molecule has 0 aliphatic heterocycles. The molecular weight excluding hydrogens is 246 g/mol. The van der Waals surface area contributed by atoms with Crippen LogP contribution in [0.4, 0.5) is 0 Å². The van der Waals surface area contributed by atoms with Crippen LogP contribution in [0.2, 0.25) is 5.02 Å². The van der Waals surface area contributed by atoms with E-state index in [1.54, 1.807) is 0 Å². The van der Waals surface area contributed by atoms with Crippen LogP contribution in [0.15, 0.2) is 18.2 Å². The number of halogens is 1. The lowest BCUT2D eigenvalue weighted by molar-refractivity contribution is 0.364. The first-order valence-electron chi connectivity index (χ1n) is 6.19. The van der Waals surface area contributed by atoms with E-state index in [1.165, 1.54) is 0 Å². The molecule has 0 aliphatic rings. The van der Waals surface area contributed by atoms with Gasteiger partial charge < -0.3 is 10.1 Å². The maximum absolute atomic E-state index is 5.99. The predicted octanol–water partition coefficient (Wildman–Crippen LogP) is 3.49. The first-order chi connectivity index (χ1) is 8.63. The van der Waals surface area contributed by atoms with Gasteiger partial charge in [0.05, 0.1) is 0 Å². The van der Waals surface area contributed by atoms with E-state index in [0.717, 1.165) is 30.8 Å². The maximum Gasteiger partial charge on any atom is 0.148 e. The molecule has 0 atom stereocenters. The monoisotopic (exact) mass is 265 g/mol. The lowest BCUT2D eigenvalue weighted by atomic mass is 10.1. The third-order valence-corrected chi connectivity index (χ3v) is 2.78. The SMILES string of the molecule is C#CCOc1ccc(Cl)cc1CNCCC(C)C. The van der Waals surface area contributed by atoms with E-state index in [2.05, 4.69) is 25.1 Å². The molecule has 1 aromatic rings. The molecule has 0 amide bonds. The summed E-state index contributed by atoms with van der Waals surface area (Å²) in [5, 5.41) is 4.10. The summed E-state index contributed by atoms with van der Waals surface area (Å²) in [4.78, 5) is 0. The minimum atomic E-state index is 0.278. The summed E-state index contributed by atoms with van der Waals surface area (Å²) in [6.07, 6.45) is 6.35. The second-order valence-electron chi connectivity index (χ2n) is 4.60. The molecule has 0 saturated carbocycles. The highest BCUT2D eigenvalue weighted by Gasteiger charge is 2.04. The van der Waals surface area contributed by atoms with Gasteiger partial charge in [-0.2, -0.15) is 0 Å². The zero-order valence-corrected chi connectivity index (χ0v) is 11.8. The summed E-state index contributed by atoms with van der Waals surface area (Å²) in [5.41, 5.74) is 1.04. The van der Waals surface area contributed by atoms with Crippen molar-refractivity contribution in [2.24, 2.45) is 5.92 Å². The third kappa shape index (κ3) is 5.44. The molecule has 0 fully saturated rings. The largest absolute Gasteiger partial charge is 0.481 e. The fourth-order valence-electron chi connectivity index (χ4n) is 1.56. The fourth-order valence-corrected chi connectivity index (χ4v) is 1.75. The van der Waals surface area contributed by atoms with E-state index < -0.39 is 0 Å². The normalized spacial score (nSPS) is 10.4. The highest BCUT2D eigenvalue weighted by Crippen LogP contribution is 2.22. The van der Waals surface area contributed by atoms with Crippen LogP contribution in [-0.4, -0.2) is 13.2 Å². The number of hydrogen-bond acceptors (Lipinski definition) is 2. The Morgan fingerprint density at radius 2 is 2.22 bits per heavy atom. The van der Waals surface area contributed by atoms with Crippen molar-refractivity contribution in [2.45, 2.75) is 26.8 Å². The van der Waals surface area contributed by atoms with E-state index in [1.807, 2.05) is 18.2 Å².